The molecule has 2 aromatic rings. The second-order valence-corrected chi connectivity index (χ2v) is 8.22. The molecule has 0 spiro atoms. The quantitative estimate of drug-likeness (QED) is 0.748. The summed E-state index contributed by atoms with van der Waals surface area (Å²) in [6, 6.07) is 11.2. The van der Waals surface area contributed by atoms with Gasteiger partial charge in [-0.3, -0.25) is 4.79 Å². The van der Waals surface area contributed by atoms with E-state index in [1.165, 1.54) is 48.5 Å². The molecule has 1 aliphatic carbocycles. The summed E-state index contributed by atoms with van der Waals surface area (Å²) < 4.78 is 46.1. The molecule has 1 fully saturated rings. The van der Waals surface area contributed by atoms with Crippen LogP contribution in [0.3, 0.4) is 0 Å². The van der Waals surface area contributed by atoms with E-state index in [0.717, 1.165) is 12.8 Å². The van der Waals surface area contributed by atoms with E-state index >= 15 is 0 Å². The van der Waals surface area contributed by atoms with Gasteiger partial charge in [-0.15, -0.1) is 0 Å². The maximum Gasteiger partial charge on any atom is 0.242 e. The summed E-state index contributed by atoms with van der Waals surface area (Å²) in [5, 5.41) is -0.685. The van der Waals surface area contributed by atoms with Gasteiger partial charge in [0.1, 0.15) is 22.9 Å². The molecule has 0 bridgehead atoms. The fraction of sp³-hybridized carbons (Fsp3) is 0.278. The topological polar surface area (TPSA) is 72.5 Å². The number of carbonyl (C=O) groups is 1. The van der Waals surface area contributed by atoms with E-state index in [0.29, 0.717) is 24.3 Å². The van der Waals surface area contributed by atoms with Gasteiger partial charge in [-0.05, 0) is 73.0 Å². The fourth-order valence-electron chi connectivity index (χ4n) is 2.96. The van der Waals surface area contributed by atoms with Crippen molar-refractivity contribution in [1.82, 2.24) is 4.72 Å². The largest absolute Gasteiger partial charge is 0.457 e. The predicted molar refractivity (Wildman–Crippen MR) is 95.3 cm³/mol. The molecule has 8 heteroatoms. The normalized spacial score (nSPS) is 16.4. The Morgan fingerprint density at radius 2 is 1.50 bits per heavy atom. The van der Waals surface area contributed by atoms with Crippen molar-refractivity contribution in [3.8, 4) is 11.5 Å². The second kappa shape index (κ2) is 7.34. The van der Waals surface area contributed by atoms with Gasteiger partial charge in [0.2, 0.25) is 15.3 Å². The summed E-state index contributed by atoms with van der Waals surface area (Å²) in [7, 11) is -3.90. The molecule has 0 radical (unpaired) electrons. The van der Waals surface area contributed by atoms with Crippen LogP contribution in [-0.2, 0) is 14.8 Å². The molecule has 2 aromatic carbocycles. The molecule has 5 nitrogen and oxygen atoms in total. The van der Waals surface area contributed by atoms with Gasteiger partial charge in [-0.2, -0.15) is 4.72 Å². The highest BCUT2D eigenvalue weighted by atomic mass is 35.5. The minimum Gasteiger partial charge on any atom is -0.457 e. The van der Waals surface area contributed by atoms with E-state index in [9.17, 15) is 17.6 Å². The molecule has 1 N–H and O–H groups in total. The number of carbonyl (C=O) groups excluding carboxylic acids is 1. The molecule has 138 valence electrons. The first-order valence-corrected chi connectivity index (χ1v) is 9.94. The van der Waals surface area contributed by atoms with Crippen molar-refractivity contribution in [1.29, 1.82) is 0 Å². The van der Waals surface area contributed by atoms with Crippen LogP contribution in [0.15, 0.2) is 53.4 Å². The van der Waals surface area contributed by atoms with Crippen LogP contribution in [0.25, 0.3) is 0 Å². The monoisotopic (exact) mass is 397 g/mol. The van der Waals surface area contributed by atoms with Gasteiger partial charge in [0.25, 0.3) is 0 Å². The second-order valence-electron chi connectivity index (χ2n) is 6.20. The Morgan fingerprint density at radius 1 is 1.00 bits per heavy atom. The van der Waals surface area contributed by atoms with Crippen LogP contribution in [0.4, 0.5) is 4.39 Å². The van der Waals surface area contributed by atoms with Gasteiger partial charge in [-0.1, -0.05) is 12.8 Å². The van der Waals surface area contributed by atoms with Gasteiger partial charge in [0, 0.05) is 0 Å². The van der Waals surface area contributed by atoms with E-state index in [1.54, 1.807) is 0 Å². The molecule has 26 heavy (non-hydrogen) atoms. The maximum absolute atomic E-state index is 12.9. The van der Waals surface area contributed by atoms with Crippen LogP contribution < -0.4 is 9.46 Å². The molecule has 0 atom stereocenters. The van der Waals surface area contributed by atoms with E-state index < -0.39 is 20.8 Å². The minimum atomic E-state index is -3.90. The fourth-order valence-corrected chi connectivity index (χ4v) is 4.67. The molecule has 0 heterocycles. The summed E-state index contributed by atoms with van der Waals surface area (Å²) in [6.07, 6.45) is 2.26. The van der Waals surface area contributed by atoms with Gasteiger partial charge < -0.3 is 4.74 Å². The number of benzene rings is 2. The Hall–Kier alpha value is -1.96. The van der Waals surface area contributed by atoms with Gasteiger partial charge in [0.15, 0.2) is 0 Å². The molecule has 0 saturated heterocycles. The average Bonchev–Trinajstić information content (AvgIpc) is 3.07. The van der Waals surface area contributed by atoms with E-state index in [4.69, 9.17) is 16.3 Å². The lowest BCUT2D eigenvalue weighted by atomic mass is 10.0. The SMILES string of the molecule is O=C(Cl)C1(NS(=O)(=O)c2ccc(Oc3ccc(F)cc3)cc2)CCCC1. The number of ether oxygens (including phenoxy) is 1. The Balaban J connectivity index is 1.76. The first-order valence-electron chi connectivity index (χ1n) is 8.08. The Kier molecular flexibility index (Phi) is 5.32. The Morgan fingerprint density at radius 3 is 2.00 bits per heavy atom. The van der Waals surface area contributed by atoms with Gasteiger partial charge in [-0.25, -0.2) is 12.8 Å². The summed E-state index contributed by atoms with van der Waals surface area (Å²) in [6.45, 7) is 0. The highest BCUT2D eigenvalue weighted by Gasteiger charge is 2.43. The number of halogens is 2. The number of rotatable bonds is 6. The van der Waals surface area contributed by atoms with Crippen LogP contribution in [0.2, 0.25) is 0 Å². The standard InChI is InChI=1S/C18H17ClFNO4S/c19-17(22)18(11-1-2-12-18)21-26(23,24)16-9-7-15(8-10-16)25-14-5-3-13(20)4-6-14/h3-10,21H,1-2,11-12H2. The van der Waals surface area contributed by atoms with Crippen LogP contribution in [0, 0.1) is 5.82 Å². The van der Waals surface area contributed by atoms with Gasteiger partial charge >= 0.3 is 0 Å². The number of hydrogen-bond donors (Lipinski definition) is 1. The molecule has 0 amide bonds. The van der Waals surface area contributed by atoms with Crippen molar-refractivity contribution >= 4 is 26.9 Å². The first kappa shape index (κ1) is 18.8. The van der Waals surface area contributed by atoms with E-state index in [1.807, 2.05) is 0 Å². The smallest absolute Gasteiger partial charge is 0.242 e. The predicted octanol–water partition coefficient (Wildman–Crippen LogP) is 3.97. The highest BCUT2D eigenvalue weighted by Crippen LogP contribution is 2.33. The minimum absolute atomic E-state index is 0.00754. The zero-order valence-electron chi connectivity index (χ0n) is 13.7. The third-order valence-electron chi connectivity index (χ3n) is 4.35. The van der Waals surface area contributed by atoms with Crippen molar-refractivity contribution < 1.29 is 22.3 Å². The highest BCUT2D eigenvalue weighted by molar-refractivity contribution is 7.89. The van der Waals surface area contributed by atoms with Crippen molar-refractivity contribution in [3.05, 3.63) is 54.3 Å². The van der Waals surface area contributed by atoms with Crippen LogP contribution >= 0.6 is 11.6 Å². The summed E-state index contributed by atoms with van der Waals surface area (Å²) in [4.78, 5) is 11.8. The zero-order valence-corrected chi connectivity index (χ0v) is 15.3. The van der Waals surface area contributed by atoms with Crippen molar-refractivity contribution in [3.63, 3.8) is 0 Å². The van der Waals surface area contributed by atoms with Crippen LogP contribution in [-0.4, -0.2) is 19.2 Å². The number of nitrogens with one attached hydrogen (secondary N) is 1. The molecule has 1 aliphatic rings. The lowest BCUT2D eigenvalue weighted by Crippen LogP contribution is -2.50. The average molecular weight is 398 g/mol. The van der Waals surface area contributed by atoms with Crippen molar-refractivity contribution in [2.75, 3.05) is 0 Å². The number of sulfonamides is 1. The Bertz CT molecular complexity index is 892. The summed E-state index contributed by atoms with van der Waals surface area (Å²) >= 11 is 5.65. The lowest BCUT2D eigenvalue weighted by Gasteiger charge is -2.25. The molecule has 1 saturated carbocycles. The van der Waals surface area contributed by atoms with E-state index in [2.05, 4.69) is 4.72 Å². The van der Waals surface area contributed by atoms with Crippen molar-refractivity contribution in [2.24, 2.45) is 0 Å². The summed E-state index contributed by atoms with van der Waals surface area (Å²) in [5.74, 6) is 0.455. The molecule has 0 unspecified atom stereocenters. The molecular formula is C18H17ClFNO4S. The number of hydrogen-bond acceptors (Lipinski definition) is 4. The van der Waals surface area contributed by atoms with Crippen molar-refractivity contribution in [2.45, 2.75) is 36.1 Å². The Labute approximate surface area is 156 Å². The van der Waals surface area contributed by atoms with Crippen LogP contribution in [0.5, 0.6) is 11.5 Å². The third-order valence-corrected chi connectivity index (χ3v) is 6.26. The third kappa shape index (κ3) is 4.06. The lowest BCUT2D eigenvalue weighted by molar-refractivity contribution is -0.116. The molecule has 3 rings (SSSR count). The molecule has 0 aliphatic heterocycles. The first-order chi connectivity index (χ1) is 12.3. The summed E-state index contributed by atoms with van der Waals surface area (Å²) in [5.41, 5.74) is -1.23. The van der Waals surface area contributed by atoms with Crippen LogP contribution in [0.1, 0.15) is 25.7 Å². The van der Waals surface area contributed by atoms with E-state index in [-0.39, 0.29) is 10.7 Å². The molecule has 0 aromatic heterocycles. The zero-order chi connectivity index (χ0) is 18.8. The maximum atomic E-state index is 12.9. The molecular weight excluding hydrogens is 381 g/mol. The van der Waals surface area contributed by atoms with Gasteiger partial charge in [0.05, 0.1) is 4.90 Å².